The summed E-state index contributed by atoms with van der Waals surface area (Å²) in [5.41, 5.74) is 2.44. The Morgan fingerprint density at radius 1 is 0.760 bits per heavy atom. The van der Waals surface area contributed by atoms with Crippen molar-refractivity contribution in [2.45, 2.75) is 12.4 Å². The fourth-order valence-electron chi connectivity index (χ4n) is 1.84. The van der Waals surface area contributed by atoms with Crippen LogP contribution < -0.4 is 16.2 Å². The summed E-state index contributed by atoms with van der Waals surface area (Å²) < 4.78 is 76.7. The second-order valence-electron chi connectivity index (χ2n) is 4.86. The van der Waals surface area contributed by atoms with Crippen molar-refractivity contribution in [2.75, 3.05) is 10.7 Å². The van der Waals surface area contributed by atoms with Gasteiger partial charge in [-0.15, -0.1) is 0 Å². The van der Waals surface area contributed by atoms with E-state index in [0.717, 1.165) is 0 Å². The zero-order valence-corrected chi connectivity index (χ0v) is 13.1. The Morgan fingerprint density at radius 3 is 1.76 bits per heavy atom. The molecule has 0 atom stereocenters. The molecule has 0 fully saturated rings. The molecule has 10 heteroatoms. The maximum Gasteiger partial charge on any atom is 0.416 e. The Labute approximate surface area is 144 Å². The molecule has 134 valence electrons. The lowest BCUT2D eigenvalue weighted by Gasteiger charge is -2.16. The quantitative estimate of drug-likeness (QED) is 0.397. The van der Waals surface area contributed by atoms with Crippen molar-refractivity contribution in [3.8, 4) is 0 Å². The zero-order valence-electron chi connectivity index (χ0n) is 12.3. The van der Waals surface area contributed by atoms with Gasteiger partial charge in [0, 0.05) is 5.69 Å². The van der Waals surface area contributed by atoms with E-state index in [0.29, 0.717) is 17.8 Å². The third kappa shape index (κ3) is 5.52. The van der Waals surface area contributed by atoms with Gasteiger partial charge in [0.2, 0.25) is 0 Å². The highest BCUT2D eigenvalue weighted by atomic mass is 32.1. The van der Waals surface area contributed by atoms with Crippen molar-refractivity contribution in [1.82, 2.24) is 5.43 Å². The van der Waals surface area contributed by atoms with Gasteiger partial charge in [0.15, 0.2) is 5.11 Å². The van der Waals surface area contributed by atoms with Gasteiger partial charge in [-0.05, 0) is 42.5 Å². The van der Waals surface area contributed by atoms with Crippen LogP contribution in [0, 0.1) is 0 Å². The van der Waals surface area contributed by atoms with Crippen LogP contribution in [0.15, 0.2) is 48.5 Å². The number of para-hydroxylation sites is 1. The molecule has 0 spiro atoms. The van der Waals surface area contributed by atoms with Gasteiger partial charge < -0.3 is 5.32 Å². The molecule has 0 saturated carbocycles. The average Bonchev–Trinajstić information content (AvgIpc) is 2.52. The predicted molar refractivity (Wildman–Crippen MR) is 85.9 cm³/mol. The lowest BCUT2D eigenvalue weighted by atomic mass is 10.1. The molecule has 0 unspecified atom stereocenters. The fourth-order valence-corrected chi connectivity index (χ4v) is 2.01. The number of nitrogens with one attached hydrogen (secondary N) is 3. The van der Waals surface area contributed by atoms with E-state index >= 15 is 0 Å². The van der Waals surface area contributed by atoms with E-state index in [-0.39, 0.29) is 11.2 Å². The fraction of sp³-hybridized carbons (Fsp3) is 0.133. The van der Waals surface area contributed by atoms with Crippen LogP contribution in [-0.4, -0.2) is 5.11 Å². The van der Waals surface area contributed by atoms with Crippen LogP contribution in [0.2, 0.25) is 0 Å². The summed E-state index contributed by atoms with van der Waals surface area (Å²) in [6, 6.07) is 9.72. The van der Waals surface area contributed by atoms with Gasteiger partial charge in [-0.3, -0.25) is 10.9 Å². The molecule has 0 amide bonds. The molecule has 25 heavy (non-hydrogen) atoms. The number of halogens is 6. The number of thiocarbonyl (C=S) groups is 1. The van der Waals surface area contributed by atoms with Gasteiger partial charge in [0.05, 0.1) is 16.8 Å². The molecule has 2 aromatic carbocycles. The Bertz CT molecular complexity index is 711. The van der Waals surface area contributed by atoms with Crippen molar-refractivity contribution in [2.24, 2.45) is 0 Å². The van der Waals surface area contributed by atoms with Gasteiger partial charge in [0.25, 0.3) is 0 Å². The summed E-state index contributed by atoms with van der Waals surface area (Å²) in [4.78, 5) is 0. The highest BCUT2D eigenvalue weighted by Gasteiger charge is 2.37. The number of alkyl halides is 6. The Kier molecular flexibility index (Phi) is 5.41. The number of anilines is 2. The minimum absolute atomic E-state index is 0.0455. The van der Waals surface area contributed by atoms with E-state index in [9.17, 15) is 26.3 Å². The maximum absolute atomic E-state index is 12.8. The molecule has 0 radical (unpaired) electrons. The second-order valence-corrected chi connectivity index (χ2v) is 5.27. The summed E-state index contributed by atoms with van der Waals surface area (Å²) in [5.74, 6) is 0. The highest BCUT2D eigenvalue weighted by Crippen LogP contribution is 2.37. The number of hydrogen-bond acceptors (Lipinski definition) is 2. The smallest absolute Gasteiger partial charge is 0.331 e. The maximum atomic E-state index is 12.8. The summed E-state index contributed by atoms with van der Waals surface area (Å²) in [7, 11) is 0. The third-order valence-corrected chi connectivity index (χ3v) is 3.14. The average molecular weight is 379 g/mol. The van der Waals surface area contributed by atoms with E-state index in [1.165, 1.54) is 0 Å². The predicted octanol–water partition coefficient (Wildman–Crippen LogP) is 5.04. The largest absolute Gasteiger partial charge is 0.416 e. The summed E-state index contributed by atoms with van der Waals surface area (Å²) in [6.07, 6.45) is -9.84. The normalized spacial score (nSPS) is 11.8. The lowest BCUT2D eigenvalue weighted by molar-refractivity contribution is -0.143. The molecule has 0 saturated heterocycles. The van der Waals surface area contributed by atoms with Crippen LogP contribution >= 0.6 is 12.2 Å². The van der Waals surface area contributed by atoms with Crippen molar-refractivity contribution in [3.05, 3.63) is 59.7 Å². The molecule has 0 aliphatic heterocycles. The van der Waals surface area contributed by atoms with E-state index in [1.54, 1.807) is 30.3 Å². The van der Waals surface area contributed by atoms with E-state index in [1.807, 2.05) is 0 Å². The number of hydrazine groups is 1. The lowest BCUT2D eigenvalue weighted by Crippen LogP contribution is -2.33. The highest BCUT2D eigenvalue weighted by molar-refractivity contribution is 7.80. The van der Waals surface area contributed by atoms with Gasteiger partial charge in [0.1, 0.15) is 0 Å². The summed E-state index contributed by atoms with van der Waals surface area (Å²) >= 11 is 4.86. The van der Waals surface area contributed by atoms with Crippen LogP contribution in [0.4, 0.5) is 37.7 Å². The van der Waals surface area contributed by atoms with Gasteiger partial charge in [-0.25, -0.2) is 0 Å². The van der Waals surface area contributed by atoms with Crippen molar-refractivity contribution < 1.29 is 26.3 Å². The molecule has 0 aromatic heterocycles. The molecule has 2 rings (SSSR count). The first kappa shape index (κ1) is 18.8. The standard InChI is InChI=1S/C15H11F6N3S/c16-14(17,18)9-6-10(15(19,20)21)8-12(7-9)22-13(25)24-23-11-4-2-1-3-5-11/h1-8,23H,(H2,22,24,25). The molecule has 3 N–H and O–H groups in total. The molecule has 0 bridgehead atoms. The first-order chi connectivity index (χ1) is 11.6. The number of hydrogen-bond donors (Lipinski definition) is 3. The van der Waals surface area contributed by atoms with Crippen molar-refractivity contribution in [3.63, 3.8) is 0 Å². The van der Waals surface area contributed by atoms with E-state index in [4.69, 9.17) is 12.2 Å². The van der Waals surface area contributed by atoms with Crippen LogP contribution in [-0.2, 0) is 12.4 Å². The van der Waals surface area contributed by atoms with Crippen LogP contribution in [0.3, 0.4) is 0 Å². The molecule has 3 nitrogen and oxygen atoms in total. The molecule has 2 aromatic rings. The van der Waals surface area contributed by atoms with Gasteiger partial charge >= 0.3 is 12.4 Å². The molecule has 0 heterocycles. The monoisotopic (exact) mass is 379 g/mol. The van der Waals surface area contributed by atoms with Crippen LogP contribution in [0.25, 0.3) is 0 Å². The molecular formula is C15H11F6N3S. The Hall–Kier alpha value is -2.49. The van der Waals surface area contributed by atoms with E-state index in [2.05, 4.69) is 16.2 Å². The molecular weight excluding hydrogens is 368 g/mol. The summed E-state index contributed by atoms with van der Waals surface area (Å²) in [6.45, 7) is 0. The first-order valence-electron chi connectivity index (χ1n) is 6.73. The Morgan fingerprint density at radius 2 is 1.28 bits per heavy atom. The minimum atomic E-state index is -4.92. The van der Waals surface area contributed by atoms with Crippen molar-refractivity contribution >= 4 is 28.7 Å². The van der Waals surface area contributed by atoms with Crippen LogP contribution in [0.5, 0.6) is 0 Å². The zero-order chi connectivity index (χ0) is 18.7. The van der Waals surface area contributed by atoms with E-state index < -0.39 is 29.2 Å². The van der Waals surface area contributed by atoms with Crippen molar-refractivity contribution in [1.29, 1.82) is 0 Å². The molecule has 0 aliphatic carbocycles. The Balaban J connectivity index is 2.16. The minimum Gasteiger partial charge on any atom is -0.331 e. The third-order valence-electron chi connectivity index (χ3n) is 2.94. The first-order valence-corrected chi connectivity index (χ1v) is 7.14. The topological polar surface area (TPSA) is 36.1 Å². The van der Waals surface area contributed by atoms with Gasteiger partial charge in [-0.1, -0.05) is 18.2 Å². The van der Waals surface area contributed by atoms with Gasteiger partial charge in [-0.2, -0.15) is 26.3 Å². The number of rotatable bonds is 3. The second kappa shape index (κ2) is 7.18. The van der Waals surface area contributed by atoms with Crippen LogP contribution in [0.1, 0.15) is 11.1 Å². The number of benzene rings is 2. The summed E-state index contributed by atoms with van der Waals surface area (Å²) in [5, 5.41) is 2.10. The SMILES string of the molecule is FC(F)(F)c1cc(NC(=S)NNc2ccccc2)cc(C(F)(F)F)c1. The molecule has 0 aliphatic rings.